The van der Waals surface area contributed by atoms with E-state index in [9.17, 15) is 0 Å². The lowest BCUT2D eigenvalue weighted by Crippen LogP contribution is -2.42. The van der Waals surface area contributed by atoms with E-state index in [-0.39, 0.29) is 24.0 Å². The fraction of sp³-hybridized carbons (Fsp3) is 0.947. The molecule has 5 nitrogen and oxygen atoms in total. The molecule has 2 N–H and O–H groups in total. The van der Waals surface area contributed by atoms with Gasteiger partial charge in [0, 0.05) is 31.7 Å². The van der Waals surface area contributed by atoms with Gasteiger partial charge >= 0.3 is 0 Å². The molecule has 2 rings (SSSR count). The van der Waals surface area contributed by atoms with E-state index in [1.807, 2.05) is 0 Å². The van der Waals surface area contributed by atoms with Crippen LogP contribution in [0.4, 0.5) is 0 Å². The predicted molar refractivity (Wildman–Crippen MR) is 119 cm³/mol. The fourth-order valence-corrected chi connectivity index (χ4v) is 3.72. The van der Waals surface area contributed by atoms with Crippen molar-refractivity contribution in [1.82, 2.24) is 20.4 Å². The number of rotatable bonds is 9. The zero-order valence-corrected chi connectivity index (χ0v) is 19.1. The van der Waals surface area contributed by atoms with E-state index < -0.39 is 0 Å². The third-order valence-corrected chi connectivity index (χ3v) is 5.47. The molecule has 0 spiro atoms. The second kappa shape index (κ2) is 12.3. The predicted octanol–water partition coefficient (Wildman–Crippen LogP) is 2.76. The lowest BCUT2D eigenvalue weighted by atomic mass is 10.0. The van der Waals surface area contributed by atoms with Crippen molar-refractivity contribution >= 4 is 29.9 Å². The molecule has 2 unspecified atom stereocenters. The first-order chi connectivity index (χ1) is 11.6. The Hall–Kier alpha value is -0.0800. The molecule has 2 aliphatic rings. The maximum absolute atomic E-state index is 4.83. The minimum atomic E-state index is 0. The molecular weight excluding hydrogens is 425 g/mol. The molecule has 6 heteroatoms. The molecule has 1 saturated heterocycles. The largest absolute Gasteiger partial charge is 0.357 e. The van der Waals surface area contributed by atoms with Crippen LogP contribution in [-0.4, -0.2) is 74.7 Å². The Labute approximate surface area is 172 Å². The van der Waals surface area contributed by atoms with E-state index >= 15 is 0 Å². The summed E-state index contributed by atoms with van der Waals surface area (Å²) < 4.78 is 0. The summed E-state index contributed by atoms with van der Waals surface area (Å²) in [5, 5.41) is 6.91. The van der Waals surface area contributed by atoms with Crippen LogP contribution in [0.1, 0.15) is 52.4 Å². The van der Waals surface area contributed by atoms with Gasteiger partial charge in [-0.05, 0) is 72.5 Å². The molecule has 0 aromatic rings. The van der Waals surface area contributed by atoms with Crippen molar-refractivity contribution in [2.75, 3.05) is 46.8 Å². The Morgan fingerprint density at radius 1 is 1.20 bits per heavy atom. The van der Waals surface area contributed by atoms with Crippen molar-refractivity contribution in [2.45, 2.75) is 64.5 Å². The van der Waals surface area contributed by atoms with Crippen LogP contribution in [-0.2, 0) is 0 Å². The molecular formula is C19H40IN5. The average Bonchev–Trinajstić information content (AvgIpc) is 3.37. The number of likely N-dealkylation sites (tertiary alicyclic amines) is 1. The zero-order chi connectivity index (χ0) is 17.4. The molecule has 0 bridgehead atoms. The Kier molecular flexibility index (Phi) is 11.3. The molecule has 2 atom stereocenters. The molecule has 0 aromatic carbocycles. The highest BCUT2D eigenvalue weighted by Crippen LogP contribution is 2.34. The average molecular weight is 465 g/mol. The van der Waals surface area contributed by atoms with Crippen LogP contribution < -0.4 is 10.6 Å². The summed E-state index contributed by atoms with van der Waals surface area (Å²) >= 11 is 0. The molecule has 148 valence electrons. The first kappa shape index (κ1) is 23.0. The van der Waals surface area contributed by atoms with Crippen molar-refractivity contribution in [1.29, 1.82) is 0 Å². The quantitative estimate of drug-likeness (QED) is 0.238. The van der Waals surface area contributed by atoms with Gasteiger partial charge in [0.2, 0.25) is 0 Å². The van der Waals surface area contributed by atoms with Crippen LogP contribution in [0.5, 0.6) is 0 Å². The second-order valence-corrected chi connectivity index (χ2v) is 7.75. The minimum Gasteiger partial charge on any atom is -0.357 e. The lowest BCUT2D eigenvalue weighted by Gasteiger charge is -2.33. The van der Waals surface area contributed by atoms with E-state index in [1.165, 1.54) is 51.6 Å². The Morgan fingerprint density at radius 2 is 1.96 bits per heavy atom. The second-order valence-electron chi connectivity index (χ2n) is 7.75. The minimum absolute atomic E-state index is 0. The number of halogens is 1. The fourth-order valence-electron chi connectivity index (χ4n) is 3.72. The molecule has 1 aliphatic heterocycles. The van der Waals surface area contributed by atoms with E-state index in [4.69, 9.17) is 4.99 Å². The van der Waals surface area contributed by atoms with E-state index in [0.717, 1.165) is 37.6 Å². The van der Waals surface area contributed by atoms with Gasteiger partial charge in [0.15, 0.2) is 5.96 Å². The van der Waals surface area contributed by atoms with E-state index in [1.54, 1.807) is 0 Å². The highest BCUT2D eigenvalue weighted by atomic mass is 127. The SMILES string of the molecule is CCNC(=NCC(C1CC1)N(C)C)NCCCN1CCCCC1C.I. The van der Waals surface area contributed by atoms with Crippen LogP contribution in [0.25, 0.3) is 0 Å². The Bertz CT molecular complexity index is 382. The Morgan fingerprint density at radius 3 is 2.56 bits per heavy atom. The number of hydrogen-bond acceptors (Lipinski definition) is 3. The number of aliphatic imine (C=N–C) groups is 1. The Balaban J connectivity index is 0.00000312. The third-order valence-electron chi connectivity index (χ3n) is 5.47. The summed E-state index contributed by atoms with van der Waals surface area (Å²) in [6.07, 6.45) is 8.07. The van der Waals surface area contributed by atoms with Crippen LogP contribution in [0.3, 0.4) is 0 Å². The molecule has 1 saturated carbocycles. The number of nitrogens with zero attached hydrogens (tertiary/aromatic N) is 3. The summed E-state index contributed by atoms with van der Waals surface area (Å²) in [4.78, 5) is 9.81. The van der Waals surface area contributed by atoms with Crippen LogP contribution >= 0.6 is 24.0 Å². The summed E-state index contributed by atoms with van der Waals surface area (Å²) in [5.41, 5.74) is 0. The molecule has 1 heterocycles. The van der Waals surface area contributed by atoms with Gasteiger partial charge in [-0.25, -0.2) is 0 Å². The van der Waals surface area contributed by atoms with Crippen molar-refractivity contribution in [3.63, 3.8) is 0 Å². The first-order valence-electron chi connectivity index (χ1n) is 10.0. The molecule has 0 amide bonds. The van der Waals surface area contributed by atoms with Crippen LogP contribution in [0.2, 0.25) is 0 Å². The van der Waals surface area contributed by atoms with Gasteiger partial charge in [0.05, 0.1) is 6.54 Å². The first-order valence-corrected chi connectivity index (χ1v) is 10.0. The van der Waals surface area contributed by atoms with Crippen molar-refractivity contribution < 1.29 is 0 Å². The van der Waals surface area contributed by atoms with Gasteiger partial charge in [-0.1, -0.05) is 6.42 Å². The summed E-state index contributed by atoms with van der Waals surface area (Å²) in [6, 6.07) is 1.36. The maximum atomic E-state index is 4.83. The highest BCUT2D eigenvalue weighted by molar-refractivity contribution is 14.0. The lowest BCUT2D eigenvalue weighted by molar-refractivity contribution is 0.159. The van der Waals surface area contributed by atoms with Gasteiger partial charge in [0.1, 0.15) is 0 Å². The van der Waals surface area contributed by atoms with Gasteiger partial charge in [0.25, 0.3) is 0 Å². The molecule has 0 radical (unpaired) electrons. The monoisotopic (exact) mass is 465 g/mol. The van der Waals surface area contributed by atoms with Crippen molar-refractivity contribution in [2.24, 2.45) is 10.9 Å². The number of hydrogen-bond donors (Lipinski definition) is 2. The van der Waals surface area contributed by atoms with Crippen molar-refractivity contribution in [3.8, 4) is 0 Å². The van der Waals surface area contributed by atoms with Crippen LogP contribution in [0.15, 0.2) is 4.99 Å². The van der Waals surface area contributed by atoms with E-state index in [0.29, 0.717) is 6.04 Å². The number of piperidine rings is 1. The maximum Gasteiger partial charge on any atom is 0.191 e. The molecule has 1 aliphatic carbocycles. The molecule has 0 aromatic heterocycles. The number of likely N-dealkylation sites (N-methyl/N-ethyl adjacent to an activating group) is 1. The summed E-state index contributed by atoms with van der Waals surface area (Å²) in [5.74, 6) is 1.84. The van der Waals surface area contributed by atoms with Gasteiger partial charge < -0.3 is 20.4 Å². The zero-order valence-electron chi connectivity index (χ0n) is 16.8. The van der Waals surface area contributed by atoms with Gasteiger partial charge in [-0.15, -0.1) is 24.0 Å². The number of nitrogens with one attached hydrogen (secondary N) is 2. The smallest absolute Gasteiger partial charge is 0.191 e. The topological polar surface area (TPSA) is 42.9 Å². The summed E-state index contributed by atoms with van der Waals surface area (Å²) in [7, 11) is 4.36. The highest BCUT2D eigenvalue weighted by Gasteiger charge is 2.32. The standard InChI is InChI=1S/C19H39N5.HI/c1-5-20-19(22-15-18(23(3)4)17-10-11-17)21-12-8-14-24-13-7-6-9-16(24)2;/h16-18H,5-15H2,1-4H3,(H2,20,21,22);1H. The van der Waals surface area contributed by atoms with Crippen LogP contribution in [0, 0.1) is 5.92 Å². The number of guanidine groups is 1. The molecule has 25 heavy (non-hydrogen) atoms. The van der Waals surface area contributed by atoms with Gasteiger partial charge in [-0.3, -0.25) is 4.99 Å². The molecule has 2 fully saturated rings. The summed E-state index contributed by atoms with van der Waals surface area (Å²) in [6.45, 7) is 9.82. The normalized spacial score (nSPS) is 23.2. The van der Waals surface area contributed by atoms with Crippen molar-refractivity contribution in [3.05, 3.63) is 0 Å². The third kappa shape index (κ3) is 8.43. The van der Waals surface area contributed by atoms with E-state index in [2.05, 4.69) is 48.4 Å². The van der Waals surface area contributed by atoms with Gasteiger partial charge in [-0.2, -0.15) is 0 Å².